The summed E-state index contributed by atoms with van der Waals surface area (Å²) in [5.41, 5.74) is 11.2. The first-order chi connectivity index (χ1) is 24.6. The number of alkyl halides is 4. The van der Waals surface area contributed by atoms with Gasteiger partial charge in [0.25, 0.3) is 0 Å². The molecule has 0 aliphatic carbocycles. The van der Waals surface area contributed by atoms with Crippen molar-refractivity contribution in [1.29, 1.82) is 0 Å². The molecule has 50 heavy (non-hydrogen) atoms. The smallest absolute Gasteiger partial charge is 0.00313 e. The van der Waals surface area contributed by atoms with Crippen molar-refractivity contribution in [2.75, 3.05) is 21.3 Å². The molecule has 0 radical (unpaired) electrons. The average Bonchev–Trinajstić information content (AvgIpc) is 3.13. The van der Waals surface area contributed by atoms with Crippen molar-refractivity contribution in [3.63, 3.8) is 0 Å². The van der Waals surface area contributed by atoms with Crippen molar-refractivity contribution in [1.82, 2.24) is 0 Å². The standard InChI is InChI=1S/C46H62Br4/c47-29-13-5-1-9-17-41-33-42(18-10-2-6-14-30-48)36-45(35-41)27-25-39-21-23-40(24-22-39)26-28-46-37-43(19-11-3-7-15-31-49)34-44(38-46)20-12-4-8-16-32-50/h21-28,33-38H,1-20,29-32H2/b27-25+,28-26+. The second-order valence-corrected chi connectivity index (χ2v) is 17.1. The van der Waals surface area contributed by atoms with Crippen LogP contribution < -0.4 is 0 Å². The average molecular weight is 935 g/mol. The molecule has 0 nitrogen and oxygen atoms in total. The number of aryl methyl sites for hydroxylation is 4. The van der Waals surface area contributed by atoms with Crippen LogP contribution in [0.5, 0.6) is 0 Å². The summed E-state index contributed by atoms with van der Waals surface area (Å²) in [7, 11) is 0. The van der Waals surface area contributed by atoms with Gasteiger partial charge in [-0.3, -0.25) is 0 Å². The Kier molecular flexibility index (Phi) is 24.8. The van der Waals surface area contributed by atoms with Crippen LogP contribution in [-0.4, -0.2) is 21.3 Å². The van der Waals surface area contributed by atoms with Gasteiger partial charge in [-0.15, -0.1) is 0 Å². The molecule has 0 N–H and O–H groups in total. The molecule has 0 saturated carbocycles. The van der Waals surface area contributed by atoms with Gasteiger partial charge < -0.3 is 0 Å². The number of unbranched alkanes of at least 4 members (excludes halogenated alkanes) is 12. The quantitative estimate of drug-likeness (QED) is 0.0387. The molecule has 3 rings (SSSR count). The van der Waals surface area contributed by atoms with Crippen LogP contribution in [0, 0.1) is 0 Å². The minimum Gasteiger partial charge on any atom is -0.0928 e. The highest BCUT2D eigenvalue weighted by Gasteiger charge is 2.04. The van der Waals surface area contributed by atoms with Crippen molar-refractivity contribution in [3.8, 4) is 0 Å². The Morgan fingerprint density at radius 1 is 0.280 bits per heavy atom. The number of benzene rings is 3. The molecule has 0 unspecified atom stereocenters. The minimum atomic E-state index is 1.12. The molecule has 0 heterocycles. The topological polar surface area (TPSA) is 0 Å². The summed E-state index contributed by atoms with van der Waals surface area (Å²) < 4.78 is 0. The van der Waals surface area contributed by atoms with Gasteiger partial charge in [0, 0.05) is 21.3 Å². The molecule has 0 saturated heterocycles. The van der Waals surface area contributed by atoms with E-state index in [2.05, 4.69) is 149 Å². The number of hydrogen-bond acceptors (Lipinski definition) is 0. The van der Waals surface area contributed by atoms with E-state index < -0.39 is 0 Å². The first kappa shape index (κ1) is 43.5. The molecule has 0 atom stereocenters. The van der Waals surface area contributed by atoms with E-state index >= 15 is 0 Å². The molecule has 4 heteroatoms. The number of rotatable bonds is 28. The van der Waals surface area contributed by atoms with Gasteiger partial charge >= 0.3 is 0 Å². The summed E-state index contributed by atoms with van der Waals surface area (Å²) in [4.78, 5) is 0. The Morgan fingerprint density at radius 2 is 0.520 bits per heavy atom. The van der Waals surface area contributed by atoms with E-state index in [1.54, 1.807) is 0 Å². The second-order valence-electron chi connectivity index (χ2n) is 13.9. The summed E-state index contributed by atoms with van der Waals surface area (Å²) in [6, 6.07) is 23.7. The van der Waals surface area contributed by atoms with Crippen molar-refractivity contribution in [2.24, 2.45) is 0 Å². The van der Waals surface area contributed by atoms with E-state index in [1.807, 2.05) is 0 Å². The van der Waals surface area contributed by atoms with Crippen molar-refractivity contribution < 1.29 is 0 Å². The summed E-state index contributed by atoms with van der Waals surface area (Å²) in [5, 5.41) is 4.48. The zero-order chi connectivity index (χ0) is 35.5. The monoisotopic (exact) mass is 930 g/mol. The van der Waals surface area contributed by atoms with Gasteiger partial charge in [0.1, 0.15) is 0 Å². The molecular formula is C46H62Br4. The zero-order valence-electron chi connectivity index (χ0n) is 30.6. The summed E-state index contributed by atoms with van der Waals surface area (Å²) >= 11 is 14.3. The molecule has 0 fully saturated rings. The third-order valence-corrected chi connectivity index (χ3v) is 11.7. The minimum absolute atomic E-state index is 1.12. The third kappa shape index (κ3) is 19.8. The van der Waals surface area contributed by atoms with Crippen LogP contribution in [0.4, 0.5) is 0 Å². The van der Waals surface area contributed by atoms with E-state index in [-0.39, 0.29) is 0 Å². The van der Waals surface area contributed by atoms with E-state index in [9.17, 15) is 0 Å². The Hall–Kier alpha value is -0.940. The van der Waals surface area contributed by atoms with Gasteiger partial charge in [-0.25, -0.2) is 0 Å². The van der Waals surface area contributed by atoms with E-state index in [4.69, 9.17) is 0 Å². The molecule has 0 aliphatic rings. The normalized spacial score (nSPS) is 11.8. The Bertz CT molecular complexity index is 1190. The van der Waals surface area contributed by atoms with E-state index in [1.165, 1.54) is 173 Å². The molecule has 0 spiro atoms. The predicted octanol–water partition coefficient (Wildman–Crippen LogP) is 16.0. The number of halogens is 4. The summed E-state index contributed by atoms with van der Waals surface area (Å²) in [5.74, 6) is 0. The SMILES string of the molecule is BrCCCCCCc1cc(/C=C/c2ccc(/C=C/c3cc(CCCCCCBr)cc(CCCCCCBr)c3)cc2)cc(CCCCCCBr)c1. The predicted molar refractivity (Wildman–Crippen MR) is 241 cm³/mol. The largest absolute Gasteiger partial charge is 0.0928 e. The second kappa shape index (κ2) is 28.5. The third-order valence-electron chi connectivity index (χ3n) is 9.42. The van der Waals surface area contributed by atoms with E-state index in [0.717, 1.165) is 21.3 Å². The van der Waals surface area contributed by atoms with Crippen LogP contribution in [0.1, 0.15) is 147 Å². The van der Waals surface area contributed by atoms with Gasteiger partial charge in [-0.05, 0) is 122 Å². The first-order valence-electron chi connectivity index (χ1n) is 19.6. The zero-order valence-corrected chi connectivity index (χ0v) is 36.9. The maximum atomic E-state index is 3.58. The fraction of sp³-hybridized carbons (Fsp3) is 0.522. The van der Waals surface area contributed by atoms with Crippen molar-refractivity contribution >= 4 is 88.0 Å². The lowest BCUT2D eigenvalue weighted by Gasteiger charge is -2.09. The van der Waals surface area contributed by atoms with E-state index in [0.29, 0.717) is 0 Å². The first-order valence-corrected chi connectivity index (χ1v) is 24.1. The molecule has 0 aliphatic heterocycles. The van der Waals surface area contributed by atoms with Crippen LogP contribution in [0.25, 0.3) is 24.3 Å². The van der Waals surface area contributed by atoms with Gasteiger partial charge in [0.2, 0.25) is 0 Å². The Balaban J connectivity index is 1.66. The highest BCUT2D eigenvalue weighted by molar-refractivity contribution is 9.09. The molecule has 0 aromatic heterocycles. The highest BCUT2D eigenvalue weighted by Crippen LogP contribution is 2.21. The molecular weight excluding hydrogens is 872 g/mol. The summed E-state index contributed by atoms with van der Waals surface area (Å²) in [6.07, 6.45) is 34.7. The van der Waals surface area contributed by atoms with Crippen molar-refractivity contribution in [2.45, 2.75) is 128 Å². The molecule has 3 aromatic carbocycles. The Morgan fingerprint density at radius 3 is 0.780 bits per heavy atom. The van der Waals surface area contributed by atoms with Gasteiger partial charge in [-0.2, -0.15) is 0 Å². The molecule has 0 amide bonds. The van der Waals surface area contributed by atoms with Crippen LogP contribution in [0.3, 0.4) is 0 Å². The molecule has 274 valence electrons. The maximum absolute atomic E-state index is 3.58. The van der Waals surface area contributed by atoms with Crippen LogP contribution in [0.15, 0.2) is 60.7 Å². The Labute approximate surface area is 340 Å². The highest BCUT2D eigenvalue weighted by atomic mass is 79.9. The van der Waals surface area contributed by atoms with Gasteiger partial charge in [0.05, 0.1) is 0 Å². The lowest BCUT2D eigenvalue weighted by Crippen LogP contribution is -1.93. The van der Waals surface area contributed by atoms with Crippen LogP contribution in [0.2, 0.25) is 0 Å². The lowest BCUT2D eigenvalue weighted by atomic mass is 9.97. The lowest BCUT2D eigenvalue weighted by molar-refractivity contribution is 0.665. The van der Waals surface area contributed by atoms with Crippen molar-refractivity contribution in [3.05, 3.63) is 105 Å². The number of hydrogen-bond donors (Lipinski definition) is 0. The molecule has 0 bridgehead atoms. The van der Waals surface area contributed by atoms with Gasteiger partial charge in [0.15, 0.2) is 0 Å². The summed E-state index contributed by atoms with van der Waals surface area (Å²) in [6.45, 7) is 0. The molecule has 3 aromatic rings. The maximum Gasteiger partial charge on any atom is 0.00313 e. The van der Waals surface area contributed by atoms with Crippen LogP contribution >= 0.6 is 63.7 Å². The fourth-order valence-corrected chi connectivity index (χ4v) is 8.15. The van der Waals surface area contributed by atoms with Crippen LogP contribution in [-0.2, 0) is 25.7 Å². The fourth-order valence-electron chi connectivity index (χ4n) is 6.56. The van der Waals surface area contributed by atoms with Gasteiger partial charge in [-0.1, -0.05) is 200 Å².